The molecule has 0 saturated carbocycles. The third-order valence-corrected chi connectivity index (χ3v) is 2.58. The second kappa shape index (κ2) is 5.96. The van der Waals surface area contributed by atoms with E-state index in [1.165, 1.54) is 0 Å². The number of hydrogen-bond donors (Lipinski definition) is 0. The fourth-order valence-corrected chi connectivity index (χ4v) is 1.79. The molecule has 0 amide bonds. The number of rotatable bonds is 4. The number of hydrogen-bond acceptors (Lipinski definition) is 3. The molecule has 0 radical (unpaired) electrons. The van der Waals surface area contributed by atoms with Crippen molar-refractivity contribution in [3.8, 4) is 0 Å². The summed E-state index contributed by atoms with van der Waals surface area (Å²) in [6.45, 7) is 2.24. The molecule has 0 unspecified atom stereocenters. The van der Waals surface area contributed by atoms with Gasteiger partial charge in [0.2, 0.25) is 0 Å². The van der Waals surface area contributed by atoms with E-state index in [2.05, 4.69) is 17.1 Å². The minimum atomic E-state index is -0.297. The Morgan fingerprint density at radius 3 is 2.83 bits per heavy atom. The Morgan fingerprint density at radius 2 is 2.00 bits per heavy atom. The van der Waals surface area contributed by atoms with Gasteiger partial charge in [0.1, 0.15) is 6.54 Å². The van der Waals surface area contributed by atoms with Crippen LogP contribution in [-0.4, -0.2) is 25.3 Å². The van der Waals surface area contributed by atoms with Crippen LogP contribution in [0.1, 0.15) is 12.5 Å². The highest BCUT2D eigenvalue weighted by Crippen LogP contribution is 2.16. The highest BCUT2D eigenvalue weighted by Gasteiger charge is 1.99. The SMILES string of the molecule is CCOC(=O)C/N=C\c1cccc2ccccc12. The lowest BCUT2D eigenvalue weighted by atomic mass is 10.1. The van der Waals surface area contributed by atoms with Crippen molar-refractivity contribution in [2.45, 2.75) is 6.92 Å². The van der Waals surface area contributed by atoms with Gasteiger partial charge < -0.3 is 4.74 Å². The molecule has 0 spiro atoms. The van der Waals surface area contributed by atoms with Gasteiger partial charge in [0.15, 0.2) is 0 Å². The minimum absolute atomic E-state index is 0.0665. The normalized spacial score (nSPS) is 10.9. The molecule has 2 aromatic rings. The van der Waals surface area contributed by atoms with Gasteiger partial charge in [-0.3, -0.25) is 9.79 Å². The first kappa shape index (κ1) is 12.3. The maximum atomic E-state index is 11.2. The second-order valence-corrected chi connectivity index (χ2v) is 3.84. The summed E-state index contributed by atoms with van der Waals surface area (Å²) in [5.74, 6) is -0.297. The number of aliphatic imine (C=N–C) groups is 1. The first-order valence-electron chi connectivity index (χ1n) is 5.94. The van der Waals surface area contributed by atoms with E-state index in [4.69, 9.17) is 4.74 Å². The monoisotopic (exact) mass is 241 g/mol. The van der Waals surface area contributed by atoms with E-state index < -0.39 is 0 Å². The Kier molecular flexibility index (Phi) is 4.07. The van der Waals surface area contributed by atoms with Crippen LogP contribution < -0.4 is 0 Å². The van der Waals surface area contributed by atoms with Crippen molar-refractivity contribution < 1.29 is 9.53 Å². The summed E-state index contributed by atoms with van der Waals surface area (Å²) in [6.07, 6.45) is 1.72. The Labute approximate surface area is 106 Å². The van der Waals surface area contributed by atoms with Crippen molar-refractivity contribution in [3.63, 3.8) is 0 Å². The van der Waals surface area contributed by atoms with E-state index in [9.17, 15) is 4.79 Å². The molecule has 0 atom stereocenters. The summed E-state index contributed by atoms with van der Waals surface area (Å²) >= 11 is 0. The summed E-state index contributed by atoms with van der Waals surface area (Å²) in [5.41, 5.74) is 1.01. The third kappa shape index (κ3) is 2.94. The van der Waals surface area contributed by atoms with Crippen molar-refractivity contribution >= 4 is 23.0 Å². The molecule has 0 saturated heterocycles. The largest absolute Gasteiger partial charge is 0.465 e. The summed E-state index contributed by atoms with van der Waals surface area (Å²) in [5, 5.41) is 2.30. The Balaban J connectivity index is 2.16. The van der Waals surface area contributed by atoms with Crippen LogP contribution in [0.3, 0.4) is 0 Å². The predicted molar refractivity (Wildman–Crippen MR) is 73.0 cm³/mol. The lowest BCUT2D eigenvalue weighted by Crippen LogP contribution is -2.07. The van der Waals surface area contributed by atoms with Gasteiger partial charge in [0.25, 0.3) is 0 Å². The molecule has 0 N–H and O–H groups in total. The second-order valence-electron chi connectivity index (χ2n) is 3.84. The van der Waals surface area contributed by atoms with E-state index in [-0.39, 0.29) is 12.5 Å². The fourth-order valence-electron chi connectivity index (χ4n) is 1.79. The van der Waals surface area contributed by atoms with Gasteiger partial charge in [-0.2, -0.15) is 0 Å². The van der Waals surface area contributed by atoms with Crippen molar-refractivity contribution in [3.05, 3.63) is 48.0 Å². The van der Waals surface area contributed by atoms with Gasteiger partial charge >= 0.3 is 5.97 Å². The van der Waals surface area contributed by atoms with E-state index in [0.717, 1.165) is 16.3 Å². The summed E-state index contributed by atoms with van der Waals surface area (Å²) in [7, 11) is 0. The predicted octanol–water partition coefficient (Wildman–Crippen LogP) is 2.82. The topological polar surface area (TPSA) is 38.7 Å². The molecule has 2 aromatic carbocycles. The summed E-state index contributed by atoms with van der Waals surface area (Å²) in [6, 6.07) is 14.1. The molecule has 0 aliphatic heterocycles. The highest BCUT2D eigenvalue weighted by molar-refractivity contribution is 6.00. The Bertz CT molecular complexity index is 570. The van der Waals surface area contributed by atoms with Gasteiger partial charge in [0.05, 0.1) is 6.61 Å². The average molecular weight is 241 g/mol. The van der Waals surface area contributed by atoms with Crippen molar-refractivity contribution in [2.75, 3.05) is 13.2 Å². The quantitative estimate of drug-likeness (QED) is 0.610. The summed E-state index contributed by atoms with van der Waals surface area (Å²) in [4.78, 5) is 15.3. The smallest absolute Gasteiger partial charge is 0.327 e. The zero-order valence-corrected chi connectivity index (χ0v) is 10.3. The lowest BCUT2D eigenvalue weighted by molar-refractivity contribution is -0.141. The van der Waals surface area contributed by atoms with Gasteiger partial charge in [-0.05, 0) is 17.7 Å². The van der Waals surface area contributed by atoms with Gasteiger partial charge in [-0.1, -0.05) is 42.5 Å². The lowest BCUT2D eigenvalue weighted by Gasteiger charge is -2.01. The summed E-state index contributed by atoms with van der Waals surface area (Å²) < 4.78 is 4.81. The Hall–Kier alpha value is -2.16. The van der Waals surface area contributed by atoms with Crippen molar-refractivity contribution in [1.29, 1.82) is 0 Å². The number of carbonyl (C=O) groups is 1. The standard InChI is InChI=1S/C15H15NO2/c1-2-18-15(17)11-16-10-13-8-5-7-12-6-3-4-9-14(12)13/h3-10H,2,11H2,1H3/b16-10-. The molecule has 0 bridgehead atoms. The molecule has 18 heavy (non-hydrogen) atoms. The van der Waals surface area contributed by atoms with E-state index in [0.29, 0.717) is 6.61 Å². The van der Waals surface area contributed by atoms with Gasteiger partial charge in [-0.15, -0.1) is 0 Å². The maximum Gasteiger partial charge on any atom is 0.327 e. The molecule has 3 heteroatoms. The first-order chi connectivity index (χ1) is 8.81. The van der Waals surface area contributed by atoms with Crippen LogP contribution in [0.4, 0.5) is 0 Å². The van der Waals surface area contributed by atoms with Crippen LogP contribution >= 0.6 is 0 Å². The molecule has 2 rings (SSSR count). The number of fused-ring (bicyclic) bond motifs is 1. The number of nitrogens with zero attached hydrogens (tertiary/aromatic N) is 1. The van der Waals surface area contributed by atoms with Crippen molar-refractivity contribution in [1.82, 2.24) is 0 Å². The van der Waals surface area contributed by atoms with E-state index >= 15 is 0 Å². The molecule has 0 aliphatic rings. The maximum absolute atomic E-state index is 11.2. The molecular formula is C15H15NO2. The van der Waals surface area contributed by atoms with E-state index in [1.807, 2.05) is 30.3 Å². The fraction of sp³-hybridized carbons (Fsp3) is 0.200. The molecule has 0 aliphatic carbocycles. The van der Waals surface area contributed by atoms with Gasteiger partial charge in [0, 0.05) is 11.8 Å². The van der Waals surface area contributed by atoms with Crippen LogP contribution in [-0.2, 0) is 9.53 Å². The average Bonchev–Trinajstić information content (AvgIpc) is 2.39. The first-order valence-corrected chi connectivity index (χ1v) is 5.94. The molecule has 0 heterocycles. The third-order valence-electron chi connectivity index (χ3n) is 2.58. The molecule has 3 nitrogen and oxygen atoms in total. The van der Waals surface area contributed by atoms with Crippen LogP contribution in [0.15, 0.2) is 47.5 Å². The highest BCUT2D eigenvalue weighted by atomic mass is 16.5. The van der Waals surface area contributed by atoms with Crippen molar-refractivity contribution in [2.24, 2.45) is 4.99 Å². The van der Waals surface area contributed by atoms with Gasteiger partial charge in [-0.25, -0.2) is 0 Å². The van der Waals surface area contributed by atoms with Crippen LogP contribution in [0.2, 0.25) is 0 Å². The number of benzene rings is 2. The Morgan fingerprint density at radius 1 is 1.22 bits per heavy atom. The molecular weight excluding hydrogens is 226 g/mol. The molecule has 0 aromatic heterocycles. The zero-order valence-electron chi connectivity index (χ0n) is 10.3. The number of carbonyl (C=O) groups excluding carboxylic acids is 1. The number of ether oxygens (including phenoxy) is 1. The van der Waals surface area contributed by atoms with Crippen LogP contribution in [0.25, 0.3) is 10.8 Å². The van der Waals surface area contributed by atoms with Crippen LogP contribution in [0.5, 0.6) is 0 Å². The van der Waals surface area contributed by atoms with Crippen LogP contribution in [0, 0.1) is 0 Å². The molecule has 0 fully saturated rings. The number of esters is 1. The minimum Gasteiger partial charge on any atom is -0.465 e. The van der Waals surface area contributed by atoms with E-state index in [1.54, 1.807) is 13.1 Å². The molecule has 92 valence electrons. The zero-order chi connectivity index (χ0) is 12.8.